The van der Waals surface area contributed by atoms with Gasteiger partial charge in [-0.05, 0) is 37.0 Å². The van der Waals surface area contributed by atoms with Crippen molar-refractivity contribution in [1.82, 2.24) is 4.90 Å². The van der Waals surface area contributed by atoms with Crippen LogP contribution in [-0.4, -0.2) is 29.3 Å². The van der Waals surface area contributed by atoms with Crippen LogP contribution in [0.4, 0.5) is 0 Å². The first-order valence-corrected chi connectivity index (χ1v) is 6.75. The van der Waals surface area contributed by atoms with Gasteiger partial charge in [0.2, 0.25) is 0 Å². The van der Waals surface area contributed by atoms with E-state index in [9.17, 15) is 4.79 Å². The summed E-state index contributed by atoms with van der Waals surface area (Å²) in [5.41, 5.74) is 2.04. The Bertz CT molecular complexity index is 388. The summed E-state index contributed by atoms with van der Waals surface area (Å²) in [7, 11) is 0. The monoisotopic (exact) mass is 251 g/mol. The quantitative estimate of drug-likeness (QED) is 0.756. The van der Waals surface area contributed by atoms with Crippen molar-refractivity contribution >= 4 is 17.5 Å². The van der Waals surface area contributed by atoms with Crippen LogP contribution < -0.4 is 0 Å². The first-order valence-electron chi connectivity index (χ1n) is 6.22. The molecule has 0 saturated carbocycles. The van der Waals surface area contributed by atoms with Gasteiger partial charge < -0.3 is 4.90 Å². The molecule has 17 heavy (non-hydrogen) atoms. The molecule has 92 valence electrons. The molecule has 0 bridgehead atoms. The van der Waals surface area contributed by atoms with Crippen molar-refractivity contribution in [2.24, 2.45) is 0 Å². The number of carbonyl (C=O) groups is 1. The van der Waals surface area contributed by atoms with Gasteiger partial charge >= 0.3 is 0 Å². The highest BCUT2D eigenvalue weighted by molar-refractivity contribution is 6.18. The van der Waals surface area contributed by atoms with E-state index in [1.165, 1.54) is 5.56 Å². The fraction of sp³-hybridized carbons (Fsp3) is 0.500. The zero-order chi connectivity index (χ0) is 12.3. The third-order valence-corrected chi connectivity index (χ3v) is 3.78. The van der Waals surface area contributed by atoms with Crippen molar-refractivity contribution in [3.63, 3.8) is 0 Å². The van der Waals surface area contributed by atoms with Gasteiger partial charge in [-0.3, -0.25) is 4.79 Å². The van der Waals surface area contributed by atoms with E-state index in [1.54, 1.807) is 0 Å². The minimum Gasteiger partial charge on any atom is -0.334 e. The summed E-state index contributed by atoms with van der Waals surface area (Å²) in [5.74, 6) is 0.662. The number of carbonyl (C=O) groups excluding carboxylic acids is 1. The molecule has 1 aliphatic rings. The van der Waals surface area contributed by atoms with Crippen molar-refractivity contribution < 1.29 is 4.79 Å². The van der Waals surface area contributed by atoms with E-state index < -0.39 is 0 Å². The molecule has 1 fully saturated rings. The predicted molar refractivity (Wildman–Crippen MR) is 70.6 cm³/mol. The Morgan fingerprint density at radius 2 is 2.12 bits per heavy atom. The fourth-order valence-corrected chi connectivity index (χ4v) is 2.63. The molecule has 0 aromatic heterocycles. The molecule has 2 nitrogen and oxygen atoms in total. The summed E-state index contributed by atoms with van der Waals surface area (Å²) < 4.78 is 0. The van der Waals surface area contributed by atoms with Gasteiger partial charge in [-0.15, -0.1) is 11.6 Å². The van der Waals surface area contributed by atoms with Gasteiger partial charge in [0.1, 0.15) is 0 Å². The van der Waals surface area contributed by atoms with E-state index >= 15 is 0 Å². The summed E-state index contributed by atoms with van der Waals surface area (Å²) >= 11 is 5.89. The molecule has 1 heterocycles. The largest absolute Gasteiger partial charge is 0.334 e. The smallest absolute Gasteiger partial charge is 0.254 e. The van der Waals surface area contributed by atoms with Crippen molar-refractivity contribution in [2.45, 2.75) is 32.2 Å². The zero-order valence-corrected chi connectivity index (χ0v) is 10.9. The van der Waals surface area contributed by atoms with Crippen LogP contribution in [0, 0.1) is 0 Å². The second-order valence-corrected chi connectivity index (χ2v) is 4.81. The highest BCUT2D eigenvalue weighted by atomic mass is 35.5. The van der Waals surface area contributed by atoms with Gasteiger partial charge in [0.25, 0.3) is 5.91 Å². The van der Waals surface area contributed by atoms with Crippen LogP contribution in [-0.2, 0) is 6.42 Å². The lowest BCUT2D eigenvalue weighted by Gasteiger charge is -2.23. The molecule has 1 atom stereocenters. The Morgan fingerprint density at radius 1 is 1.41 bits per heavy atom. The van der Waals surface area contributed by atoms with Crippen molar-refractivity contribution in [3.05, 3.63) is 35.4 Å². The number of alkyl halides is 1. The molecule has 3 heteroatoms. The van der Waals surface area contributed by atoms with Gasteiger partial charge in [-0.2, -0.15) is 0 Å². The van der Waals surface area contributed by atoms with Crippen molar-refractivity contribution in [3.8, 4) is 0 Å². The third-order valence-electron chi connectivity index (χ3n) is 3.43. The summed E-state index contributed by atoms with van der Waals surface area (Å²) in [6, 6.07) is 8.11. The second kappa shape index (κ2) is 5.54. The molecule has 1 unspecified atom stereocenters. The highest BCUT2D eigenvalue weighted by Gasteiger charge is 2.28. The average Bonchev–Trinajstić information content (AvgIpc) is 2.86. The molecular formula is C14H18ClNO. The molecule has 0 aliphatic carbocycles. The molecule has 1 aromatic carbocycles. The lowest BCUT2D eigenvalue weighted by molar-refractivity contribution is 0.0749. The summed E-state index contributed by atoms with van der Waals surface area (Å²) in [6.45, 7) is 2.95. The van der Waals surface area contributed by atoms with Crippen molar-refractivity contribution in [2.75, 3.05) is 12.4 Å². The Kier molecular flexibility index (Phi) is 4.06. The van der Waals surface area contributed by atoms with E-state index in [4.69, 9.17) is 11.6 Å². The molecule has 0 N–H and O–H groups in total. The van der Waals surface area contributed by atoms with Gasteiger partial charge in [0.15, 0.2) is 0 Å². The van der Waals surface area contributed by atoms with Crippen LogP contribution in [0.15, 0.2) is 24.3 Å². The van der Waals surface area contributed by atoms with E-state index in [-0.39, 0.29) is 11.9 Å². The van der Waals surface area contributed by atoms with Crippen LogP contribution in [0.3, 0.4) is 0 Å². The van der Waals surface area contributed by atoms with E-state index in [0.717, 1.165) is 31.4 Å². The van der Waals surface area contributed by atoms with Gasteiger partial charge in [-0.1, -0.05) is 19.1 Å². The number of aryl methyl sites for hydroxylation is 1. The topological polar surface area (TPSA) is 20.3 Å². The standard InChI is InChI=1S/C14H18ClNO/c1-2-11-5-7-12(8-6-11)14(17)16-9-3-4-13(16)10-15/h5-8,13H,2-4,9-10H2,1H3. The lowest BCUT2D eigenvalue weighted by Crippen LogP contribution is -2.36. The normalized spacial score (nSPS) is 19.6. The second-order valence-electron chi connectivity index (χ2n) is 4.50. The molecule has 1 saturated heterocycles. The Morgan fingerprint density at radius 3 is 2.71 bits per heavy atom. The molecule has 1 aliphatic heterocycles. The van der Waals surface area contributed by atoms with Crippen LogP contribution in [0.2, 0.25) is 0 Å². The maximum Gasteiger partial charge on any atom is 0.254 e. The van der Waals surface area contributed by atoms with Crippen LogP contribution in [0.1, 0.15) is 35.7 Å². The number of nitrogens with zero attached hydrogens (tertiary/aromatic N) is 1. The number of amides is 1. The number of benzene rings is 1. The summed E-state index contributed by atoms with van der Waals surface area (Å²) in [4.78, 5) is 14.2. The molecule has 1 amide bonds. The SMILES string of the molecule is CCc1ccc(C(=O)N2CCCC2CCl)cc1. The number of likely N-dealkylation sites (tertiary alicyclic amines) is 1. The van der Waals surface area contributed by atoms with Gasteiger partial charge in [0, 0.05) is 24.0 Å². The van der Waals surface area contributed by atoms with Crippen molar-refractivity contribution in [1.29, 1.82) is 0 Å². The van der Waals surface area contributed by atoms with E-state index in [1.807, 2.05) is 29.2 Å². The number of halogens is 1. The first-order chi connectivity index (χ1) is 8.26. The van der Waals surface area contributed by atoms with E-state index in [2.05, 4.69) is 6.92 Å². The zero-order valence-electron chi connectivity index (χ0n) is 10.2. The number of rotatable bonds is 3. The van der Waals surface area contributed by atoms with Crippen LogP contribution in [0.25, 0.3) is 0 Å². The first kappa shape index (κ1) is 12.4. The average molecular weight is 252 g/mol. The molecule has 0 spiro atoms. The number of hydrogen-bond donors (Lipinski definition) is 0. The van der Waals surface area contributed by atoms with Gasteiger partial charge in [-0.25, -0.2) is 0 Å². The highest BCUT2D eigenvalue weighted by Crippen LogP contribution is 2.21. The summed E-state index contributed by atoms with van der Waals surface area (Å²) in [6.07, 6.45) is 3.10. The van der Waals surface area contributed by atoms with Gasteiger partial charge in [0.05, 0.1) is 0 Å². The molecule has 1 aromatic rings. The minimum atomic E-state index is 0.121. The van der Waals surface area contributed by atoms with Crippen LogP contribution in [0.5, 0.6) is 0 Å². The fourth-order valence-electron chi connectivity index (χ4n) is 2.31. The Balaban J connectivity index is 2.13. The van der Waals surface area contributed by atoms with Crippen LogP contribution >= 0.6 is 11.6 Å². The Labute approximate surface area is 108 Å². The van der Waals surface area contributed by atoms with E-state index in [0.29, 0.717) is 5.88 Å². The maximum atomic E-state index is 12.3. The molecule has 0 radical (unpaired) electrons. The predicted octanol–water partition coefficient (Wildman–Crippen LogP) is 3.09. The molecular weight excluding hydrogens is 234 g/mol. The molecule has 2 rings (SSSR count). The lowest BCUT2D eigenvalue weighted by atomic mass is 10.1. The third kappa shape index (κ3) is 2.63. The number of hydrogen-bond acceptors (Lipinski definition) is 1. The summed E-state index contributed by atoms with van der Waals surface area (Å²) in [5, 5.41) is 0. The maximum absolute atomic E-state index is 12.3. The minimum absolute atomic E-state index is 0.121. The Hall–Kier alpha value is -1.02.